The summed E-state index contributed by atoms with van der Waals surface area (Å²) in [5.74, 6) is -1.64. The molecule has 1 saturated heterocycles. The van der Waals surface area contributed by atoms with E-state index in [0.29, 0.717) is 0 Å². The van der Waals surface area contributed by atoms with Crippen LogP contribution in [0.5, 0.6) is 0 Å². The predicted molar refractivity (Wildman–Crippen MR) is 148 cm³/mol. The second-order valence-corrected chi connectivity index (χ2v) is 9.98. The lowest BCUT2D eigenvalue weighted by molar-refractivity contribution is -0.384. The molecular weight excluding hydrogens is 527 g/mol. The van der Waals surface area contributed by atoms with Gasteiger partial charge < -0.3 is 9.47 Å². The van der Waals surface area contributed by atoms with E-state index >= 15 is 4.39 Å². The Morgan fingerprint density at radius 3 is 2.00 bits per heavy atom. The molecule has 0 radical (unpaired) electrons. The summed E-state index contributed by atoms with van der Waals surface area (Å²) in [5.41, 5.74) is 3.23. The summed E-state index contributed by atoms with van der Waals surface area (Å²) in [6.07, 6.45) is -3.23. The molecule has 0 aromatic heterocycles. The number of ether oxygens (including phenoxy) is 2. The fourth-order valence-electron chi connectivity index (χ4n) is 6.21. The van der Waals surface area contributed by atoms with E-state index in [-0.39, 0.29) is 17.8 Å². The number of esters is 2. The van der Waals surface area contributed by atoms with E-state index in [1.165, 1.54) is 31.4 Å². The summed E-state index contributed by atoms with van der Waals surface area (Å²) < 4.78 is 27.1. The van der Waals surface area contributed by atoms with Gasteiger partial charge in [0.1, 0.15) is 12.1 Å². The van der Waals surface area contributed by atoms with Gasteiger partial charge in [-0.15, -0.1) is 0 Å². The van der Waals surface area contributed by atoms with Gasteiger partial charge in [0.05, 0.1) is 23.1 Å². The van der Waals surface area contributed by atoms with Crippen molar-refractivity contribution in [1.29, 1.82) is 0 Å². The van der Waals surface area contributed by atoms with Gasteiger partial charge in [0.2, 0.25) is 0 Å². The molecule has 1 aliphatic carbocycles. The van der Waals surface area contributed by atoms with Crippen molar-refractivity contribution in [2.45, 2.75) is 23.9 Å². The fourth-order valence-corrected chi connectivity index (χ4v) is 6.21. The molecule has 0 saturated carbocycles. The van der Waals surface area contributed by atoms with E-state index in [1.807, 2.05) is 78.9 Å². The lowest BCUT2D eigenvalue weighted by Crippen LogP contribution is -2.53. The van der Waals surface area contributed by atoms with Crippen LogP contribution in [-0.2, 0) is 19.8 Å². The zero-order valence-corrected chi connectivity index (χ0v) is 22.0. The maximum Gasteiger partial charge on any atom is 0.338 e. The summed E-state index contributed by atoms with van der Waals surface area (Å²) in [7, 11) is 1.20. The zero-order valence-electron chi connectivity index (χ0n) is 22.0. The highest BCUT2D eigenvalue weighted by atomic mass is 19.1. The molecule has 6 rings (SSSR count). The van der Waals surface area contributed by atoms with Gasteiger partial charge in [-0.1, -0.05) is 78.9 Å². The predicted octanol–water partition coefficient (Wildman–Crippen LogP) is 5.29. The fraction of sp³-hybridized carbons (Fsp3) is 0.188. The first-order valence-corrected chi connectivity index (χ1v) is 13.1. The molecule has 0 spiro atoms. The maximum atomic E-state index is 16.4. The molecule has 0 bridgehead atoms. The first-order valence-electron chi connectivity index (χ1n) is 13.1. The van der Waals surface area contributed by atoms with Gasteiger partial charge in [0.25, 0.3) is 5.69 Å². The van der Waals surface area contributed by atoms with Crippen molar-refractivity contribution in [3.8, 4) is 11.1 Å². The number of likely N-dealkylation sites (tertiary alicyclic amines) is 1. The van der Waals surface area contributed by atoms with Gasteiger partial charge in [0, 0.05) is 18.7 Å². The number of methoxy groups -OCH3 is 1. The highest BCUT2D eigenvalue weighted by Crippen LogP contribution is 2.56. The Morgan fingerprint density at radius 2 is 1.44 bits per heavy atom. The van der Waals surface area contributed by atoms with Crippen LogP contribution >= 0.6 is 0 Å². The van der Waals surface area contributed by atoms with Gasteiger partial charge >= 0.3 is 11.9 Å². The topological polar surface area (TPSA) is 99.0 Å². The Bertz CT molecular complexity index is 1600. The normalized spacial score (nSPS) is 20.6. The Balaban J connectivity index is 1.48. The number of hydrogen-bond acceptors (Lipinski definition) is 7. The summed E-state index contributed by atoms with van der Waals surface area (Å²) >= 11 is 0. The molecular formula is C32H25FN2O6. The molecule has 1 aliphatic heterocycles. The number of hydrogen-bond donors (Lipinski definition) is 0. The number of carbonyl (C=O) groups excluding carboxylic acids is 2. The highest BCUT2D eigenvalue weighted by Gasteiger charge is 2.60. The van der Waals surface area contributed by atoms with Gasteiger partial charge in [0.15, 0.2) is 6.17 Å². The standard InChI is InChI=1S/C32H25FN2O6/c1-40-31(37)29-28(33)27(41-30(36)20-15-17-22(18-16-20)35(38)39)19-34(29)32(21-9-3-2-4-10-21)25-13-7-5-11-23(25)24-12-6-8-14-26(24)32/h2-18,27-29H,19H2,1H3/t27-,28+,29-/m1/s1. The molecule has 4 aromatic rings. The van der Waals surface area contributed by atoms with Gasteiger partial charge in [-0.2, -0.15) is 0 Å². The SMILES string of the molecule is COC(=O)[C@H]1[C@@H](F)[C@H](OC(=O)c2ccc([N+](=O)[O-])cc2)CN1C1(c2ccccc2)c2ccccc2-c2ccccc21. The first-order chi connectivity index (χ1) is 19.9. The highest BCUT2D eigenvalue weighted by molar-refractivity contribution is 5.90. The van der Waals surface area contributed by atoms with Crippen LogP contribution in [0.1, 0.15) is 27.0 Å². The van der Waals surface area contributed by atoms with Crippen LogP contribution in [0.2, 0.25) is 0 Å². The monoisotopic (exact) mass is 552 g/mol. The molecule has 206 valence electrons. The summed E-state index contributed by atoms with van der Waals surface area (Å²) in [6.45, 7) is -0.114. The van der Waals surface area contributed by atoms with E-state index in [1.54, 1.807) is 4.90 Å². The number of nitro benzene ring substituents is 1. The number of nitro groups is 1. The Labute approximate surface area is 235 Å². The van der Waals surface area contributed by atoms with Crippen LogP contribution in [0.3, 0.4) is 0 Å². The zero-order chi connectivity index (χ0) is 28.7. The third-order valence-electron chi connectivity index (χ3n) is 7.93. The molecule has 0 N–H and O–H groups in total. The Hall–Kier alpha value is -4.89. The van der Waals surface area contributed by atoms with E-state index in [0.717, 1.165) is 27.8 Å². The van der Waals surface area contributed by atoms with Crippen molar-refractivity contribution in [2.24, 2.45) is 0 Å². The van der Waals surface area contributed by atoms with Crippen LogP contribution in [0.4, 0.5) is 10.1 Å². The molecule has 0 unspecified atom stereocenters. The minimum absolute atomic E-state index is 0.0326. The van der Waals surface area contributed by atoms with Crippen molar-refractivity contribution in [3.63, 3.8) is 0 Å². The molecule has 0 amide bonds. The average molecular weight is 553 g/mol. The number of nitrogens with zero attached hydrogens (tertiary/aromatic N) is 2. The van der Waals surface area contributed by atoms with Crippen molar-refractivity contribution < 1.29 is 28.4 Å². The van der Waals surface area contributed by atoms with E-state index in [2.05, 4.69) is 0 Å². The third kappa shape index (κ3) is 4.08. The molecule has 41 heavy (non-hydrogen) atoms. The molecule has 1 fully saturated rings. The number of benzene rings is 4. The number of rotatable bonds is 6. The van der Waals surface area contributed by atoms with E-state index < -0.39 is 40.7 Å². The minimum Gasteiger partial charge on any atom is -0.468 e. The summed E-state index contributed by atoms with van der Waals surface area (Å²) in [4.78, 5) is 38.5. The molecule has 1 heterocycles. The third-order valence-corrected chi connectivity index (χ3v) is 7.93. The quantitative estimate of drug-likeness (QED) is 0.182. The van der Waals surface area contributed by atoms with E-state index in [9.17, 15) is 19.7 Å². The van der Waals surface area contributed by atoms with Crippen molar-refractivity contribution in [2.75, 3.05) is 13.7 Å². The molecule has 4 aromatic carbocycles. The Kier molecular flexibility index (Phi) is 6.59. The first kappa shape index (κ1) is 26.3. The largest absolute Gasteiger partial charge is 0.468 e. The lowest BCUT2D eigenvalue weighted by Gasteiger charge is -2.43. The molecule has 9 heteroatoms. The van der Waals surface area contributed by atoms with Crippen LogP contribution < -0.4 is 0 Å². The van der Waals surface area contributed by atoms with Crippen LogP contribution in [0.25, 0.3) is 11.1 Å². The summed E-state index contributed by atoms with van der Waals surface area (Å²) in [6, 6.07) is 28.7. The number of alkyl halides is 1. The van der Waals surface area contributed by atoms with Crippen LogP contribution in [0.15, 0.2) is 103 Å². The van der Waals surface area contributed by atoms with Gasteiger partial charge in [-0.05, 0) is 39.9 Å². The van der Waals surface area contributed by atoms with E-state index in [4.69, 9.17) is 9.47 Å². The minimum atomic E-state index is -1.91. The number of fused-ring (bicyclic) bond motifs is 3. The lowest BCUT2D eigenvalue weighted by atomic mass is 9.78. The number of carbonyl (C=O) groups is 2. The number of halogens is 1. The summed E-state index contributed by atoms with van der Waals surface area (Å²) in [5, 5.41) is 11.0. The Morgan fingerprint density at radius 1 is 0.878 bits per heavy atom. The number of non-ortho nitro benzene ring substituents is 1. The molecule has 8 nitrogen and oxygen atoms in total. The molecule has 2 aliphatic rings. The van der Waals surface area contributed by atoms with Gasteiger partial charge in [-0.25, -0.2) is 9.18 Å². The van der Waals surface area contributed by atoms with Crippen LogP contribution in [0, 0.1) is 10.1 Å². The smallest absolute Gasteiger partial charge is 0.338 e. The molecule has 3 atom stereocenters. The van der Waals surface area contributed by atoms with Crippen molar-refractivity contribution >= 4 is 17.6 Å². The van der Waals surface area contributed by atoms with Crippen LogP contribution in [-0.4, -0.2) is 53.7 Å². The second kappa shape index (κ2) is 10.3. The second-order valence-electron chi connectivity index (χ2n) is 9.98. The maximum absolute atomic E-state index is 16.4. The average Bonchev–Trinajstić information content (AvgIpc) is 3.49. The van der Waals surface area contributed by atoms with Crippen molar-refractivity contribution in [3.05, 3.63) is 135 Å². The van der Waals surface area contributed by atoms with Gasteiger partial charge in [-0.3, -0.25) is 19.8 Å². The van der Waals surface area contributed by atoms with Crippen molar-refractivity contribution in [1.82, 2.24) is 4.90 Å².